The lowest BCUT2D eigenvalue weighted by Crippen LogP contribution is -2.53. The first kappa shape index (κ1) is 16.7. The SMILES string of the molecule is C=C1C(O)C23CC1(O)CCC2C12CCC(O)C(C)(C(=O)O1)C2C3C(=O)O. The maximum atomic E-state index is 12.7. The third kappa shape index (κ3) is 1.37. The van der Waals surface area contributed by atoms with Gasteiger partial charge in [0, 0.05) is 17.3 Å². The number of carboxylic acid groups (broad SMARTS) is 1. The zero-order valence-corrected chi connectivity index (χ0v) is 14.6. The highest BCUT2D eigenvalue weighted by molar-refractivity contribution is 5.85. The van der Waals surface area contributed by atoms with E-state index in [1.165, 1.54) is 0 Å². The Morgan fingerprint density at radius 1 is 1.27 bits per heavy atom. The van der Waals surface area contributed by atoms with Crippen LogP contribution in [0.25, 0.3) is 0 Å². The molecule has 0 radical (unpaired) electrons. The quantitative estimate of drug-likeness (QED) is 0.388. The van der Waals surface area contributed by atoms with Gasteiger partial charge in [-0.2, -0.15) is 0 Å². The molecule has 7 nitrogen and oxygen atoms in total. The average molecular weight is 364 g/mol. The number of carbonyl (C=O) groups excluding carboxylic acids is 1. The van der Waals surface area contributed by atoms with Crippen LogP contribution in [0.5, 0.6) is 0 Å². The number of rotatable bonds is 1. The summed E-state index contributed by atoms with van der Waals surface area (Å²) in [6.45, 7) is 5.47. The molecule has 0 aromatic carbocycles. The maximum absolute atomic E-state index is 12.7. The van der Waals surface area contributed by atoms with Crippen LogP contribution in [0.1, 0.15) is 39.0 Å². The molecule has 1 spiro atoms. The Hall–Kier alpha value is -1.44. The van der Waals surface area contributed by atoms with Crippen molar-refractivity contribution in [3.05, 3.63) is 12.2 Å². The fourth-order valence-electron chi connectivity index (χ4n) is 7.67. The Bertz CT molecular complexity index is 763. The van der Waals surface area contributed by atoms with E-state index in [4.69, 9.17) is 4.74 Å². The summed E-state index contributed by atoms with van der Waals surface area (Å²) < 4.78 is 5.90. The Morgan fingerprint density at radius 3 is 2.62 bits per heavy atom. The molecule has 5 aliphatic rings. The smallest absolute Gasteiger partial charge is 0.315 e. The molecule has 4 saturated carbocycles. The molecule has 26 heavy (non-hydrogen) atoms. The van der Waals surface area contributed by atoms with Gasteiger partial charge in [0.15, 0.2) is 0 Å². The summed E-state index contributed by atoms with van der Waals surface area (Å²) in [4.78, 5) is 25.2. The van der Waals surface area contributed by atoms with Gasteiger partial charge in [-0.25, -0.2) is 0 Å². The summed E-state index contributed by atoms with van der Waals surface area (Å²) >= 11 is 0. The molecular weight excluding hydrogens is 340 g/mol. The Kier molecular flexibility index (Phi) is 2.79. The van der Waals surface area contributed by atoms with Gasteiger partial charge >= 0.3 is 11.9 Å². The monoisotopic (exact) mass is 364 g/mol. The zero-order chi connectivity index (χ0) is 18.9. The molecule has 7 heteroatoms. The van der Waals surface area contributed by atoms with E-state index in [0.717, 1.165) is 0 Å². The van der Waals surface area contributed by atoms with Crippen molar-refractivity contribution in [2.75, 3.05) is 0 Å². The lowest BCUT2D eigenvalue weighted by atomic mass is 9.59. The van der Waals surface area contributed by atoms with E-state index in [1.807, 2.05) is 0 Å². The molecule has 5 fully saturated rings. The first-order valence-electron chi connectivity index (χ1n) is 9.30. The second-order valence-electron chi connectivity index (χ2n) is 9.31. The molecule has 0 aromatic rings. The topological polar surface area (TPSA) is 124 Å². The lowest BCUT2D eigenvalue weighted by molar-refractivity contribution is -0.168. The number of ether oxygens (including phenoxy) is 1. The minimum Gasteiger partial charge on any atom is -0.481 e. The molecule has 0 amide bonds. The van der Waals surface area contributed by atoms with Crippen molar-refractivity contribution in [3.8, 4) is 0 Å². The number of aliphatic carboxylic acids is 1. The lowest BCUT2D eigenvalue weighted by Gasteiger charge is -2.46. The van der Waals surface area contributed by atoms with E-state index in [9.17, 15) is 30.0 Å². The highest BCUT2D eigenvalue weighted by Gasteiger charge is 2.86. The number of hydrogen-bond donors (Lipinski definition) is 4. The normalized spacial score (nSPS) is 59.8. The van der Waals surface area contributed by atoms with Crippen molar-refractivity contribution in [2.45, 2.75) is 62.4 Å². The van der Waals surface area contributed by atoms with E-state index < -0.39 is 58.0 Å². The fraction of sp³-hybridized carbons (Fsp3) is 0.789. The predicted molar refractivity (Wildman–Crippen MR) is 86.7 cm³/mol. The standard InChI is InChI=1S/C19H24O7/c1-8-13(21)18-7-17(8,25)5-3-9(18)19-6-4-10(20)16(2,15(24)26-19)12(19)11(18)14(22)23/h9-13,20-21,25H,1,3-7H2,2H3,(H,22,23). The van der Waals surface area contributed by atoms with Crippen LogP contribution in [-0.2, 0) is 14.3 Å². The molecule has 1 heterocycles. The van der Waals surface area contributed by atoms with Gasteiger partial charge in [0.25, 0.3) is 0 Å². The summed E-state index contributed by atoms with van der Waals surface area (Å²) in [7, 11) is 0. The van der Waals surface area contributed by atoms with Crippen molar-refractivity contribution in [1.82, 2.24) is 0 Å². The van der Waals surface area contributed by atoms with Crippen molar-refractivity contribution < 1.29 is 34.8 Å². The molecule has 4 N–H and O–H groups in total. The largest absolute Gasteiger partial charge is 0.481 e. The second-order valence-corrected chi connectivity index (χ2v) is 9.31. The molecule has 4 aliphatic carbocycles. The molecular formula is C19H24O7. The molecule has 0 aromatic heterocycles. The van der Waals surface area contributed by atoms with Crippen LogP contribution in [0.3, 0.4) is 0 Å². The number of carboxylic acids is 1. The van der Waals surface area contributed by atoms with Crippen LogP contribution in [0.15, 0.2) is 12.2 Å². The Labute approximate surface area is 150 Å². The predicted octanol–water partition coefficient (Wildman–Crippen LogP) is 0.222. The number of aliphatic hydroxyl groups excluding tert-OH is 2. The van der Waals surface area contributed by atoms with Crippen LogP contribution in [0, 0.1) is 28.6 Å². The minimum absolute atomic E-state index is 0.115. The Morgan fingerprint density at radius 2 is 1.96 bits per heavy atom. The summed E-state index contributed by atoms with van der Waals surface area (Å²) in [5, 5.41) is 42.8. The van der Waals surface area contributed by atoms with Gasteiger partial charge in [0.1, 0.15) is 5.60 Å². The van der Waals surface area contributed by atoms with Crippen molar-refractivity contribution in [2.24, 2.45) is 28.6 Å². The number of aliphatic hydroxyl groups is 3. The van der Waals surface area contributed by atoms with Gasteiger partial charge in [-0.15, -0.1) is 0 Å². The van der Waals surface area contributed by atoms with Gasteiger partial charge < -0.3 is 25.2 Å². The summed E-state index contributed by atoms with van der Waals surface area (Å²) in [6, 6.07) is 0. The van der Waals surface area contributed by atoms with E-state index in [0.29, 0.717) is 25.7 Å². The third-order valence-corrected chi connectivity index (χ3v) is 8.69. The van der Waals surface area contributed by atoms with Gasteiger partial charge in [-0.05, 0) is 44.6 Å². The molecule has 142 valence electrons. The molecule has 9 unspecified atom stereocenters. The van der Waals surface area contributed by atoms with Crippen molar-refractivity contribution in [1.29, 1.82) is 0 Å². The zero-order valence-electron chi connectivity index (χ0n) is 14.6. The van der Waals surface area contributed by atoms with E-state index in [2.05, 4.69) is 6.58 Å². The van der Waals surface area contributed by atoms with Crippen molar-refractivity contribution in [3.63, 3.8) is 0 Å². The maximum Gasteiger partial charge on any atom is 0.315 e. The fourth-order valence-corrected chi connectivity index (χ4v) is 7.67. The van der Waals surface area contributed by atoms with Crippen LogP contribution in [0.4, 0.5) is 0 Å². The van der Waals surface area contributed by atoms with Gasteiger partial charge in [-0.3, -0.25) is 9.59 Å². The number of hydrogen-bond acceptors (Lipinski definition) is 6. The third-order valence-electron chi connectivity index (χ3n) is 8.69. The van der Waals surface area contributed by atoms with E-state index in [-0.39, 0.29) is 17.9 Å². The van der Waals surface area contributed by atoms with E-state index >= 15 is 0 Å². The number of fused-ring (bicyclic) bond motifs is 1. The Balaban J connectivity index is 1.79. The van der Waals surface area contributed by atoms with Gasteiger partial charge in [-0.1, -0.05) is 6.58 Å². The first-order chi connectivity index (χ1) is 12.1. The van der Waals surface area contributed by atoms with Crippen LogP contribution in [0.2, 0.25) is 0 Å². The molecule has 1 saturated heterocycles. The minimum atomic E-state index is -1.31. The average Bonchev–Trinajstić information content (AvgIpc) is 2.98. The number of carbonyl (C=O) groups is 2. The highest BCUT2D eigenvalue weighted by atomic mass is 16.6. The van der Waals surface area contributed by atoms with Crippen LogP contribution < -0.4 is 0 Å². The first-order valence-corrected chi connectivity index (χ1v) is 9.30. The number of esters is 1. The summed E-state index contributed by atoms with van der Waals surface area (Å²) in [5.74, 6) is -3.83. The van der Waals surface area contributed by atoms with Crippen LogP contribution in [-0.4, -0.2) is 55.8 Å². The van der Waals surface area contributed by atoms with Gasteiger partial charge in [0.05, 0.1) is 29.1 Å². The molecule has 4 bridgehead atoms. The van der Waals surface area contributed by atoms with Crippen molar-refractivity contribution >= 4 is 11.9 Å². The summed E-state index contributed by atoms with van der Waals surface area (Å²) in [6.07, 6.45) is -0.452. The van der Waals surface area contributed by atoms with Crippen LogP contribution >= 0.6 is 0 Å². The molecule has 5 rings (SSSR count). The van der Waals surface area contributed by atoms with Gasteiger partial charge in [0.2, 0.25) is 0 Å². The highest BCUT2D eigenvalue weighted by Crippen LogP contribution is 2.78. The summed E-state index contributed by atoms with van der Waals surface area (Å²) in [5.41, 5.74) is -4.44. The molecule has 9 atom stereocenters. The van der Waals surface area contributed by atoms with E-state index in [1.54, 1.807) is 6.92 Å². The molecule has 1 aliphatic heterocycles. The second kappa shape index (κ2) is 4.34.